The summed E-state index contributed by atoms with van der Waals surface area (Å²) in [6.07, 6.45) is 0. The van der Waals surface area contributed by atoms with Crippen molar-refractivity contribution in [1.29, 1.82) is 0 Å². The fraction of sp³-hybridized carbons (Fsp3) is 0.0714. The second-order valence-corrected chi connectivity index (χ2v) is 5.00. The van der Waals surface area contributed by atoms with Crippen molar-refractivity contribution < 1.29 is 0 Å². The Labute approximate surface area is 116 Å². The SMILES string of the molecule is Cn1c(NNSc2ccccc2)nc2ccccc21. The summed E-state index contributed by atoms with van der Waals surface area (Å²) in [5.41, 5.74) is 5.21. The first-order valence-corrected chi connectivity index (χ1v) is 6.80. The van der Waals surface area contributed by atoms with Gasteiger partial charge in [-0.1, -0.05) is 30.3 Å². The molecule has 3 rings (SSSR count). The van der Waals surface area contributed by atoms with Crippen LogP contribution >= 0.6 is 11.9 Å². The molecule has 0 saturated carbocycles. The maximum absolute atomic E-state index is 4.52. The van der Waals surface area contributed by atoms with E-state index in [4.69, 9.17) is 0 Å². The lowest BCUT2D eigenvalue weighted by Gasteiger charge is -2.07. The van der Waals surface area contributed by atoms with Gasteiger partial charge in [-0.3, -0.25) is 5.43 Å². The van der Waals surface area contributed by atoms with E-state index >= 15 is 0 Å². The standard InChI is InChI=1S/C14H14N4S/c1-18-13-10-6-5-9-12(13)15-14(18)16-17-19-11-7-3-2-4-8-11/h2-10,17H,1H3,(H,15,16). The second-order valence-electron chi connectivity index (χ2n) is 4.13. The molecule has 2 N–H and O–H groups in total. The minimum atomic E-state index is 0.796. The van der Waals surface area contributed by atoms with Crippen molar-refractivity contribution in [3.63, 3.8) is 0 Å². The highest BCUT2D eigenvalue weighted by molar-refractivity contribution is 7.97. The minimum Gasteiger partial charge on any atom is -0.312 e. The lowest BCUT2D eigenvalue weighted by atomic mass is 10.3. The van der Waals surface area contributed by atoms with Crippen LogP contribution in [-0.4, -0.2) is 9.55 Å². The molecule has 0 spiro atoms. The number of imidazole rings is 1. The van der Waals surface area contributed by atoms with Gasteiger partial charge in [0.1, 0.15) is 0 Å². The molecular formula is C14H14N4S. The molecule has 1 heterocycles. The van der Waals surface area contributed by atoms with Gasteiger partial charge < -0.3 is 4.57 Å². The molecule has 5 heteroatoms. The fourth-order valence-corrected chi connectivity index (χ4v) is 2.43. The highest BCUT2D eigenvalue weighted by atomic mass is 32.2. The molecule has 0 aliphatic rings. The Morgan fingerprint density at radius 3 is 2.53 bits per heavy atom. The molecule has 2 aromatic carbocycles. The second kappa shape index (κ2) is 5.34. The first kappa shape index (κ1) is 12.1. The summed E-state index contributed by atoms with van der Waals surface area (Å²) in [4.78, 5) is 8.77. The summed E-state index contributed by atoms with van der Waals surface area (Å²) in [5.74, 6) is 0.796. The number of nitrogens with one attached hydrogen (secondary N) is 2. The van der Waals surface area contributed by atoms with Crippen LogP contribution < -0.4 is 10.3 Å². The number of aryl methyl sites for hydroxylation is 1. The molecular weight excluding hydrogens is 256 g/mol. The zero-order valence-electron chi connectivity index (χ0n) is 10.5. The van der Waals surface area contributed by atoms with E-state index in [9.17, 15) is 0 Å². The fourth-order valence-electron chi connectivity index (χ4n) is 1.88. The van der Waals surface area contributed by atoms with Crippen LogP contribution in [0.25, 0.3) is 11.0 Å². The predicted octanol–water partition coefficient (Wildman–Crippen LogP) is 3.20. The van der Waals surface area contributed by atoms with E-state index in [0.29, 0.717) is 0 Å². The molecule has 96 valence electrons. The first-order chi connectivity index (χ1) is 9.34. The Morgan fingerprint density at radius 1 is 1.00 bits per heavy atom. The lowest BCUT2D eigenvalue weighted by Crippen LogP contribution is -2.15. The zero-order chi connectivity index (χ0) is 13.1. The summed E-state index contributed by atoms with van der Waals surface area (Å²) in [5, 5.41) is 0. The zero-order valence-corrected chi connectivity index (χ0v) is 11.3. The van der Waals surface area contributed by atoms with Crippen molar-refractivity contribution in [1.82, 2.24) is 14.4 Å². The normalized spacial score (nSPS) is 10.8. The van der Waals surface area contributed by atoms with Crippen molar-refractivity contribution >= 4 is 28.9 Å². The molecule has 0 bridgehead atoms. The van der Waals surface area contributed by atoms with Crippen molar-refractivity contribution in [3.8, 4) is 0 Å². The minimum absolute atomic E-state index is 0.796. The topological polar surface area (TPSA) is 41.9 Å². The van der Waals surface area contributed by atoms with Crippen LogP contribution in [0.2, 0.25) is 0 Å². The summed E-state index contributed by atoms with van der Waals surface area (Å²) >= 11 is 1.52. The van der Waals surface area contributed by atoms with Crippen LogP contribution in [0.15, 0.2) is 59.5 Å². The van der Waals surface area contributed by atoms with Gasteiger partial charge in [0, 0.05) is 11.9 Å². The van der Waals surface area contributed by atoms with Crippen LogP contribution in [0, 0.1) is 0 Å². The van der Waals surface area contributed by atoms with Gasteiger partial charge >= 0.3 is 0 Å². The molecule has 19 heavy (non-hydrogen) atoms. The number of aromatic nitrogens is 2. The average molecular weight is 270 g/mol. The van der Waals surface area contributed by atoms with Gasteiger partial charge in [-0.25, -0.2) is 4.98 Å². The smallest absolute Gasteiger partial charge is 0.219 e. The third kappa shape index (κ3) is 2.57. The van der Waals surface area contributed by atoms with Crippen LogP contribution in [0.1, 0.15) is 0 Å². The van der Waals surface area contributed by atoms with E-state index in [-0.39, 0.29) is 0 Å². The van der Waals surface area contributed by atoms with Gasteiger partial charge in [0.25, 0.3) is 0 Å². The van der Waals surface area contributed by atoms with Gasteiger partial charge in [0.15, 0.2) is 0 Å². The van der Waals surface area contributed by atoms with Crippen LogP contribution in [0.4, 0.5) is 5.95 Å². The van der Waals surface area contributed by atoms with Crippen LogP contribution in [0.3, 0.4) is 0 Å². The Kier molecular flexibility index (Phi) is 3.39. The molecule has 1 aromatic heterocycles. The molecule has 0 aliphatic carbocycles. The van der Waals surface area contributed by atoms with Gasteiger partial charge in [-0.05, 0) is 36.2 Å². The van der Waals surface area contributed by atoms with Crippen molar-refractivity contribution in [2.45, 2.75) is 4.90 Å². The summed E-state index contributed by atoms with van der Waals surface area (Å²) in [6.45, 7) is 0. The summed E-state index contributed by atoms with van der Waals surface area (Å²) < 4.78 is 2.02. The number of fused-ring (bicyclic) bond motifs is 1. The van der Waals surface area contributed by atoms with Crippen molar-refractivity contribution in [3.05, 3.63) is 54.6 Å². The first-order valence-electron chi connectivity index (χ1n) is 5.99. The molecule has 0 atom stereocenters. The highest BCUT2D eigenvalue weighted by Gasteiger charge is 2.05. The van der Waals surface area contributed by atoms with E-state index < -0.39 is 0 Å². The summed E-state index contributed by atoms with van der Waals surface area (Å²) in [6, 6.07) is 18.2. The van der Waals surface area contributed by atoms with Crippen LogP contribution in [0.5, 0.6) is 0 Å². The number of hydrazine groups is 1. The Hall–Kier alpha value is -1.98. The molecule has 0 saturated heterocycles. The Morgan fingerprint density at radius 2 is 1.74 bits per heavy atom. The van der Waals surface area contributed by atoms with Crippen molar-refractivity contribution in [2.24, 2.45) is 7.05 Å². The third-order valence-electron chi connectivity index (χ3n) is 2.86. The van der Waals surface area contributed by atoms with Gasteiger partial charge in [-0.2, -0.15) is 4.83 Å². The number of nitrogens with zero attached hydrogens (tertiary/aromatic N) is 2. The number of rotatable bonds is 4. The number of para-hydroxylation sites is 2. The molecule has 0 fully saturated rings. The highest BCUT2D eigenvalue weighted by Crippen LogP contribution is 2.18. The largest absolute Gasteiger partial charge is 0.312 e. The average Bonchev–Trinajstić information content (AvgIpc) is 2.78. The number of hydrogen-bond acceptors (Lipinski definition) is 4. The molecule has 4 nitrogen and oxygen atoms in total. The maximum atomic E-state index is 4.52. The van der Waals surface area contributed by atoms with E-state index in [0.717, 1.165) is 21.9 Å². The van der Waals surface area contributed by atoms with Gasteiger partial charge in [-0.15, -0.1) is 0 Å². The quantitative estimate of drug-likeness (QED) is 0.564. The molecule has 0 unspecified atom stereocenters. The summed E-state index contributed by atoms with van der Waals surface area (Å²) in [7, 11) is 1.99. The Bertz CT molecular complexity index is 678. The van der Waals surface area contributed by atoms with Crippen molar-refractivity contribution in [2.75, 3.05) is 5.43 Å². The van der Waals surface area contributed by atoms with Gasteiger partial charge in [0.05, 0.1) is 11.0 Å². The monoisotopic (exact) mass is 270 g/mol. The number of anilines is 1. The van der Waals surface area contributed by atoms with E-state index in [1.165, 1.54) is 11.9 Å². The molecule has 0 aliphatic heterocycles. The van der Waals surface area contributed by atoms with Gasteiger partial charge in [0.2, 0.25) is 5.95 Å². The maximum Gasteiger partial charge on any atom is 0.219 e. The van der Waals surface area contributed by atoms with E-state index in [2.05, 4.69) is 21.3 Å². The molecule has 0 radical (unpaired) electrons. The van der Waals surface area contributed by atoms with Crippen LogP contribution in [-0.2, 0) is 7.05 Å². The predicted molar refractivity (Wildman–Crippen MR) is 79.8 cm³/mol. The number of hydrogen-bond donors (Lipinski definition) is 2. The van der Waals surface area contributed by atoms with E-state index in [1.54, 1.807) is 0 Å². The third-order valence-corrected chi connectivity index (χ3v) is 3.57. The Balaban J connectivity index is 1.70. The molecule has 0 amide bonds. The number of benzene rings is 2. The van der Waals surface area contributed by atoms with E-state index in [1.807, 2.05) is 60.1 Å². The molecule has 3 aromatic rings. The lowest BCUT2D eigenvalue weighted by molar-refractivity contribution is 0.929.